The maximum atomic E-state index is 13.7. The number of carbonyl (C=O) groups is 1. The van der Waals surface area contributed by atoms with E-state index in [9.17, 15) is 9.18 Å². The van der Waals surface area contributed by atoms with E-state index in [0.717, 1.165) is 22.7 Å². The zero-order valence-corrected chi connectivity index (χ0v) is 16.6. The summed E-state index contributed by atoms with van der Waals surface area (Å²) in [7, 11) is 0. The SMILES string of the molecule is O=C(Nc1ccc(NC(=S)NCc2ccc3c(c2)OCO3)cc1)c1ccccc1F. The minimum atomic E-state index is -0.563. The molecule has 0 bridgehead atoms. The first-order chi connectivity index (χ1) is 14.6. The lowest BCUT2D eigenvalue weighted by Gasteiger charge is -2.12. The Morgan fingerprint density at radius 1 is 0.933 bits per heavy atom. The van der Waals surface area contributed by atoms with Crippen LogP contribution in [0.15, 0.2) is 66.7 Å². The van der Waals surface area contributed by atoms with Crippen LogP contribution in [0.5, 0.6) is 11.5 Å². The number of thiocarbonyl (C=S) groups is 1. The summed E-state index contributed by atoms with van der Waals surface area (Å²) in [6.07, 6.45) is 0. The second-order valence-electron chi connectivity index (χ2n) is 6.51. The van der Waals surface area contributed by atoms with E-state index >= 15 is 0 Å². The van der Waals surface area contributed by atoms with Crippen molar-refractivity contribution in [2.75, 3.05) is 17.4 Å². The van der Waals surface area contributed by atoms with Crippen molar-refractivity contribution in [2.45, 2.75) is 6.54 Å². The van der Waals surface area contributed by atoms with Gasteiger partial charge in [0.2, 0.25) is 6.79 Å². The highest BCUT2D eigenvalue weighted by molar-refractivity contribution is 7.80. The molecule has 3 aromatic rings. The number of hydrogen-bond donors (Lipinski definition) is 3. The molecule has 0 saturated carbocycles. The van der Waals surface area contributed by atoms with Gasteiger partial charge in [-0.1, -0.05) is 18.2 Å². The van der Waals surface area contributed by atoms with Gasteiger partial charge in [-0.15, -0.1) is 0 Å². The van der Waals surface area contributed by atoms with Crippen LogP contribution in [-0.2, 0) is 6.54 Å². The lowest BCUT2D eigenvalue weighted by Crippen LogP contribution is -2.27. The first-order valence-electron chi connectivity index (χ1n) is 9.18. The van der Waals surface area contributed by atoms with E-state index in [4.69, 9.17) is 21.7 Å². The Bertz CT molecular complexity index is 1090. The third-order valence-corrected chi connectivity index (χ3v) is 4.66. The number of halogens is 1. The number of rotatable bonds is 5. The van der Waals surface area contributed by atoms with Crippen molar-refractivity contribution < 1.29 is 18.7 Å². The van der Waals surface area contributed by atoms with Crippen LogP contribution in [0.1, 0.15) is 15.9 Å². The Morgan fingerprint density at radius 3 is 2.40 bits per heavy atom. The molecule has 0 aliphatic carbocycles. The van der Waals surface area contributed by atoms with Gasteiger partial charge in [0, 0.05) is 17.9 Å². The number of carbonyl (C=O) groups excluding carboxylic acids is 1. The minimum absolute atomic E-state index is 0.00593. The van der Waals surface area contributed by atoms with Gasteiger partial charge in [-0.3, -0.25) is 4.79 Å². The molecule has 30 heavy (non-hydrogen) atoms. The van der Waals surface area contributed by atoms with Crippen LogP contribution in [0.4, 0.5) is 15.8 Å². The summed E-state index contributed by atoms with van der Waals surface area (Å²) in [5.41, 5.74) is 2.30. The fourth-order valence-electron chi connectivity index (χ4n) is 2.89. The molecule has 3 N–H and O–H groups in total. The van der Waals surface area contributed by atoms with Gasteiger partial charge in [0.15, 0.2) is 16.6 Å². The lowest BCUT2D eigenvalue weighted by molar-refractivity contribution is 0.102. The Kier molecular flexibility index (Phi) is 5.76. The summed E-state index contributed by atoms with van der Waals surface area (Å²) in [5.74, 6) is 0.393. The van der Waals surface area contributed by atoms with Gasteiger partial charge in [0.25, 0.3) is 5.91 Å². The van der Waals surface area contributed by atoms with E-state index in [0.29, 0.717) is 17.3 Å². The zero-order chi connectivity index (χ0) is 20.9. The van der Waals surface area contributed by atoms with Gasteiger partial charge in [0.1, 0.15) is 5.82 Å². The predicted octanol–water partition coefficient (Wildman–Crippen LogP) is 4.29. The minimum Gasteiger partial charge on any atom is -0.454 e. The largest absolute Gasteiger partial charge is 0.454 e. The van der Waals surface area contributed by atoms with Crippen LogP contribution in [0.25, 0.3) is 0 Å². The summed E-state index contributed by atoms with van der Waals surface area (Å²) in [5, 5.41) is 9.33. The van der Waals surface area contributed by atoms with Crippen LogP contribution >= 0.6 is 12.2 Å². The third kappa shape index (κ3) is 4.66. The second kappa shape index (κ2) is 8.79. The Balaban J connectivity index is 1.29. The number of amides is 1. The quantitative estimate of drug-likeness (QED) is 0.532. The molecule has 0 spiro atoms. The number of nitrogens with one attached hydrogen (secondary N) is 3. The molecule has 0 radical (unpaired) electrons. The van der Waals surface area contributed by atoms with Crippen LogP contribution < -0.4 is 25.4 Å². The molecule has 0 aromatic heterocycles. The van der Waals surface area contributed by atoms with Crippen molar-refractivity contribution in [1.29, 1.82) is 0 Å². The second-order valence-corrected chi connectivity index (χ2v) is 6.91. The molecule has 4 rings (SSSR count). The van der Waals surface area contributed by atoms with Crippen LogP contribution in [0, 0.1) is 5.82 Å². The van der Waals surface area contributed by atoms with Gasteiger partial charge in [-0.2, -0.15) is 0 Å². The molecule has 3 aromatic carbocycles. The van der Waals surface area contributed by atoms with Crippen molar-refractivity contribution in [3.05, 3.63) is 83.7 Å². The molecule has 152 valence electrons. The van der Waals surface area contributed by atoms with E-state index in [2.05, 4.69) is 16.0 Å². The molecule has 1 heterocycles. The third-order valence-electron chi connectivity index (χ3n) is 4.41. The number of benzene rings is 3. The van der Waals surface area contributed by atoms with E-state index in [-0.39, 0.29) is 12.4 Å². The fourth-order valence-corrected chi connectivity index (χ4v) is 3.08. The molecule has 0 saturated heterocycles. The number of anilines is 2. The maximum Gasteiger partial charge on any atom is 0.258 e. The van der Waals surface area contributed by atoms with Gasteiger partial charge in [0.05, 0.1) is 5.56 Å². The van der Waals surface area contributed by atoms with Crippen molar-refractivity contribution in [3.63, 3.8) is 0 Å². The highest BCUT2D eigenvalue weighted by Crippen LogP contribution is 2.32. The smallest absolute Gasteiger partial charge is 0.258 e. The Hall–Kier alpha value is -3.65. The van der Waals surface area contributed by atoms with Crippen LogP contribution in [-0.4, -0.2) is 17.8 Å². The molecular weight excluding hydrogens is 405 g/mol. The zero-order valence-electron chi connectivity index (χ0n) is 15.8. The maximum absolute atomic E-state index is 13.7. The van der Waals surface area contributed by atoms with E-state index in [1.54, 1.807) is 30.3 Å². The Morgan fingerprint density at radius 2 is 1.63 bits per heavy atom. The average molecular weight is 423 g/mol. The fraction of sp³-hybridized carbons (Fsp3) is 0.0909. The van der Waals surface area contributed by atoms with Crippen molar-refractivity contribution >= 4 is 34.6 Å². The first-order valence-corrected chi connectivity index (χ1v) is 9.58. The highest BCUT2D eigenvalue weighted by Gasteiger charge is 2.13. The van der Waals surface area contributed by atoms with E-state index in [1.165, 1.54) is 18.2 Å². The molecular formula is C22H18FN3O3S. The summed E-state index contributed by atoms with van der Waals surface area (Å²) in [4.78, 5) is 12.2. The molecule has 0 fully saturated rings. The van der Waals surface area contributed by atoms with Crippen LogP contribution in [0.3, 0.4) is 0 Å². The number of ether oxygens (including phenoxy) is 2. The molecule has 0 unspecified atom stereocenters. The molecule has 1 aliphatic rings. The van der Waals surface area contributed by atoms with E-state index in [1.807, 2.05) is 18.2 Å². The highest BCUT2D eigenvalue weighted by atomic mass is 32.1. The monoisotopic (exact) mass is 423 g/mol. The van der Waals surface area contributed by atoms with Crippen molar-refractivity contribution in [3.8, 4) is 11.5 Å². The average Bonchev–Trinajstić information content (AvgIpc) is 3.22. The van der Waals surface area contributed by atoms with Gasteiger partial charge in [-0.25, -0.2) is 4.39 Å². The van der Waals surface area contributed by atoms with Gasteiger partial charge < -0.3 is 25.4 Å². The molecule has 1 amide bonds. The van der Waals surface area contributed by atoms with E-state index < -0.39 is 11.7 Å². The molecule has 8 heteroatoms. The molecule has 0 atom stereocenters. The topological polar surface area (TPSA) is 71.6 Å². The van der Waals surface area contributed by atoms with Gasteiger partial charge >= 0.3 is 0 Å². The predicted molar refractivity (Wildman–Crippen MR) is 116 cm³/mol. The summed E-state index contributed by atoms with van der Waals surface area (Å²) >= 11 is 5.33. The van der Waals surface area contributed by atoms with Gasteiger partial charge in [-0.05, 0) is 66.3 Å². The van der Waals surface area contributed by atoms with Crippen molar-refractivity contribution in [1.82, 2.24) is 5.32 Å². The first kappa shape index (κ1) is 19.7. The molecule has 6 nitrogen and oxygen atoms in total. The van der Waals surface area contributed by atoms with Crippen molar-refractivity contribution in [2.24, 2.45) is 0 Å². The standard InChI is InChI=1S/C22H18FN3O3S/c23-18-4-2-1-3-17(18)21(27)25-15-6-8-16(9-7-15)26-22(30)24-12-14-5-10-19-20(11-14)29-13-28-19/h1-11H,12-13H2,(H,25,27)(H2,24,26,30). The molecule has 1 aliphatic heterocycles. The normalized spacial score (nSPS) is 11.6. The van der Waals surface area contributed by atoms with Crippen LogP contribution in [0.2, 0.25) is 0 Å². The number of fused-ring (bicyclic) bond motifs is 1. The Labute approximate surface area is 178 Å². The summed E-state index contributed by atoms with van der Waals surface area (Å²) in [6.45, 7) is 0.766. The summed E-state index contributed by atoms with van der Waals surface area (Å²) in [6, 6.07) is 18.5. The number of hydrogen-bond acceptors (Lipinski definition) is 4. The lowest BCUT2D eigenvalue weighted by atomic mass is 10.2. The summed E-state index contributed by atoms with van der Waals surface area (Å²) < 4.78 is 24.4.